The predicted octanol–water partition coefficient (Wildman–Crippen LogP) is 2.34. The van der Waals surface area contributed by atoms with Gasteiger partial charge in [0.25, 0.3) is 0 Å². The second kappa shape index (κ2) is 6.48. The van der Waals surface area contributed by atoms with E-state index in [0.29, 0.717) is 17.9 Å². The summed E-state index contributed by atoms with van der Waals surface area (Å²) in [4.78, 5) is 0. The van der Waals surface area contributed by atoms with Crippen LogP contribution in [0, 0.1) is 0 Å². The Labute approximate surface area is 97.0 Å². The summed E-state index contributed by atoms with van der Waals surface area (Å²) < 4.78 is 5.49. The molecule has 0 saturated heterocycles. The predicted molar refractivity (Wildman–Crippen MR) is 64.4 cm³/mol. The smallest absolute Gasteiger partial charge is 0.315 e. The molecule has 2 atom stereocenters. The Morgan fingerprint density at radius 2 is 2.06 bits per heavy atom. The summed E-state index contributed by atoms with van der Waals surface area (Å²) in [7, 11) is 1.87. The van der Waals surface area contributed by atoms with E-state index in [1.807, 2.05) is 14.0 Å². The summed E-state index contributed by atoms with van der Waals surface area (Å²) >= 11 is 0. The summed E-state index contributed by atoms with van der Waals surface area (Å²) in [6, 6.07) is 0.979. The minimum atomic E-state index is 0.0917. The molecule has 0 spiro atoms. The van der Waals surface area contributed by atoms with Crippen LogP contribution in [-0.2, 0) is 0 Å². The van der Waals surface area contributed by atoms with Crippen molar-refractivity contribution in [2.24, 2.45) is 0 Å². The van der Waals surface area contributed by atoms with Crippen molar-refractivity contribution in [2.45, 2.75) is 52.1 Å². The van der Waals surface area contributed by atoms with Crippen LogP contribution in [0.25, 0.3) is 0 Å². The van der Waals surface area contributed by atoms with Gasteiger partial charge in [-0.25, -0.2) is 0 Å². The Kier molecular flexibility index (Phi) is 5.25. The molecule has 5 heteroatoms. The molecular weight excluding hydrogens is 204 g/mol. The molecule has 2 N–H and O–H groups in total. The monoisotopic (exact) mass is 226 g/mol. The summed E-state index contributed by atoms with van der Waals surface area (Å²) in [6.07, 6.45) is 3.54. The topological polar surface area (TPSA) is 63.0 Å². The zero-order valence-corrected chi connectivity index (χ0v) is 10.6. The molecule has 0 fully saturated rings. The van der Waals surface area contributed by atoms with Gasteiger partial charge in [-0.05, 0) is 27.3 Å². The first-order valence-electron chi connectivity index (χ1n) is 5.94. The van der Waals surface area contributed by atoms with Crippen LogP contribution in [-0.4, -0.2) is 23.3 Å². The van der Waals surface area contributed by atoms with Gasteiger partial charge in [-0.2, -0.15) is 0 Å². The van der Waals surface area contributed by atoms with Crippen LogP contribution in [0.5, 0.6) is 0 Å². The number of unbranched alkanes of at least 4 members (excludes halogenated alkanes) is 1. The zero-order valence-electron chi connectivity index (χ0n) is 10.6. The Bertz CT molecular complexity index is 300. The highest BCUT2D eigenvalue weighted by Gasteiger charge is 2.12. The molecule has 0 aromatic carbocycles. The van der Waals surface area contributed by atoms with E-state index in [9.17, 15) is 0 Å². The van der Waals surface area contributed by atoms with Crippen LogP contribution in [0.3, 0.4) is 0 Å². The van der Waals surface area contributed by atoms with Crippen LogP contribution in [0.15, 0.2) is 4.42 Å². The molecule has 1 heterocycles. The van der Waals surface area contributed by atoms with E-state index in [0.717, 1.165) is 6.42 Å². The SMILES string of the molecule is CCCCC(C)Nc1nnc(C(C)NC)o1. The summed E-state index contributed by atoms with van der Waals surface area (Å²) in [5.41, 5.74) is 0. The molecule has 5 nitrogen and oxygen atoms in total. The molecule has 92 valence electrons. The molecule has 0 bridgehead atoms. The first-order valence-corrected chi connectivity index (χ1v) is 5.94. The van der Waals surface area contributed by atoms with E-state index < -0.39 is 0 Å². The Hall–Kier alpha value is -1.10. The standard InChI is InChI=1S/C11H22N4O/c1-5-6-7-8(2)13-11-15-14-10(16-11)9(3)12-4/h8-9,12H,5-7H2,1-4H3,(H,13,15). The lowest BCUT2D eigenvalue weighted by atomic mass is 10.1. The van der Waals surface area contributed by atoms with E-state index in [4.69, 9.17) is 4.42 Å². The lowest BCUT2D eigenvalue weighted by Gasteiger charge is -2.10. The van der Waals surface area contributed by atoms with Crippen molar-refractivity contribution < 1.29 is 4.42 Å². The van der Waals surface area contributed by atoms with E-state index in [1.165, 1.54) is 12.8 Å². The normalized spacial score (nSPS) is 14.8. The molecule has 0 amide bonds. The molecule has 0 aliphatic heterocycles. The summed E-state index contributed by atoms with van der Waals surface area (Å²) in [5, 5.41) is 14.2. The number of rotatable bonds is 7. The summed E-state index contributed by atoms with van der Waals surface area (Å²) in [5.74, 6) is 0.618. The highest BCUT2D eigenvalue weighted by atomic mass is 16.4. The molecule has 0 radical (unpaired) electrons. The highest BCUT2D eigenvalue weighted by molar-refractivity contribution is 5.19. The highest BCUT2D eigenvalue weighted by Crippen LogP contribution is 2.14. The first-order chi connectivity index (χ1) is 7.67. The maximum atomic E-state index is 5.49. The molecule has 0 aliphatic carbocycles. The van der Waals surface area contributed by atoms with E-state index in [2.05, 4.69) is 34.7 Å². The van der Waals surface area contributed by atoms with Gasteiger partial charge >= 0.3 is 6.01 Å². The van der Waals surface area contributed by atoms with Crippen molar-refractivity contribution in [3.63, 3.8) is 0 Å². The quantitative estimate of drug-likeness (QED) is 0.747. The number of hydrogen-bond acceptors (Lipinski definition) is 5. The molecule has 1 rings (SSSR count). The average molecular weight is 226 g/mol. The molecular formula is C11H22N4O. The lowest BCUT2D eigenvalue weighted by Crippen LogP contribution is -2.15. The van der Waals surface area contributed by atoms with Crippen LogP contribution in [0.2, 0.25) is 0 Å². The van der Waals surface area contributed by atoms with Gasteiger partial charge in [0.2, 0.25) is 5.89 Å². The minimum absolute atomic E-state index is 0.0917. The van der Waals surface area contributed by atoms with Crippen molar-refractivity contribution in [2.75, 3.05) is 12.4 Å². The fourth-order valence-corrected chi connectivity index (χ4v) is 1.38. The number of anilines is 1. The van der Waals surface area contributed by atoms with E-state index in [1.54, 1.807) is 0 Å². The number of nitrogens with zero attached hydrogens (tertiary/aromatic N) is 2. The number of nitrogens with one attached hydrogen (secondary N) is 2. The van der Waals surface area contributed by atoms with Crippen molar-refractivity contribution >= 4 is 6.01 Å². The Morgan fingerprint density at radius 3 is 2.69 bits per heavy atom. The lowest BCUT2D eigenvalue weighted by molar-refractivity contribution is 0.437. The van der Waals surface area contributed by atoms with Crippen LogP contribution in [0.4, 0.5) is 6.01 Å². The van der Waals surface area contributed by atoms with Gasteiger partial charge in [-0.15, -0.1) is 5.10 Å². The van der Waals surface area contributed by atoms with E-state index in [-0.39, 0.29) is 6.04 Å². The van der Waals surface area contributed by atoms with Gasteiger partial charge in [-0.3, -0.25) is 0 Å². The maximum absolute atomic E-state index is 5.49. The fraction of sp³-hybridized carbons (Fsp3) is 0.818. The fourth-order valence-electron chi connectivity index (χ4n) is 1.38. The van der Waals surface area contributed by atoms with Gasteiger partial charge in [-0.1, -0.05) is 24.9 Å². The number of aromatic nitrogens is 2. The Balaban J connectivity index is 2.45. The third kappa shape index (κ3) is 3.81. The van der Waals surface area contributed by atoms with Crippen LogP contribution < -0.4 is 10.6 Å². The number of hydrogen-bond donors (Lipinski definition) is 2. The largest absolute Gasteiger partial charge is 0.406 e. The van der Waals surface area contributed by atoms with Gasteiger partial charge in [0, 0.05) is 6.04 Å². The zero-order chi connectivity index (χ0) is 12.0. The molecule has 16 heavy (non-hydrogen) atoms. The van der Waals surface area contributed by atoms with Gasteiger partial charge in [0.05, 0.1) is 6.04 Å². The average Bonchev–Trinajstić information content (AvgIpc) is 2.73. The molecule has 0 aliphatic rings. The third-order valence-electron chi connectivity index (χ3n) is 2.60. The molecule has 2 unspecified atom stereocenters. The second-order valence-corrected chi connectivity index (χ2v) is 4.14. The van der Waals surface area contributed by atoms with Crippen molar-refractivity contribution in [3.05, 3.63) is 5.89 Å². The van der Waals surface area contributed by atoms with E-state index >= 15 is 0 Å². The summed E-state index contributed by atoms with van der Waals surface area (Å²) in [6.45, 7) is 6.30. The van der Waals surface area contributed by atoms with Gasteiger partial charge < -0.3 is 15.1 Å². The van der Waals surface area contributed by atoms with Crippen LogP contribution >= 0.6 is 0 Å². The van der Waals surface area contributed by atoms with Crippen molar-refractivity contribution in [3.8, 4) is 0 Å². The van der Waals surface area contributed by atoms with Crippen LogP contribution in [0.1, 0.15) is 52.0 Å². The Morgan fingerprint density at radius 1 is 1.31 bits per heavy atom. The molecule has 1 aromatic rings. The molecule has 1 aromatic heterocycles. The van der Waals surface area contributed by atoms with Gasteiger partial charge in [0.1, 0.15) is 0 Å². The van der Waals surface area contributed by atoms with Crippen molar-refractivity contribution in [1.29, 1.82) is 0 Å². The van der Waals surface area contributed by atoms with Crippen molar-refractivity contribution in [1.82, 2.24) is 15.5 Å². The third-order valence-corrected chi connectivity index (χ3v) is 2.60. The second-order valence-electron chi connectivity index (χ2n) is 4.14. The van der Waals surface area contributed by atoms with Gasteiger partial charge in [0.15, 0.2) is 0 Å². The first kappa shape index (κ1) is 13.0. The molecule has 0 saturated carbocycles. The minimum Gasteiger partial charge on any atom is -0.406 e. The maximum Gasteiger partial charge on any atom is 0.315 e.